The molecule has 0 bridgehead atoms. The standard InChI is InChI=1S/C21H22FNO4/c1-13-4-7-16(8-5-13)19(24)10-11-20(25)27-15(3)21(26)23-17-9-6-14(2)18(22)12-17/h4-9,12,15H,10-11H2,1-3H3,(H,23,26)/t15-/m0/s1. The Labute approximate surface area is 157 Å². The van der Waals surface area contributed by atoms with E-state index < -0.39 is 23.8 Å². The Kier molecular flexibility index (Phi) is 6.82. The van der Waals surface area contributed by atoms with E-state index >= 15 is 0 Å². The Bertz CT molecular complexity index is 846. The van der Waals surface area contributed by atoms with Crippen LogP contribution in [0, 0.1) is 19.7 Å². The molecule has 1 N–H and O–H groups in total. The molecule has 2 rings (SSSR count). The number of halogens is 1. The van der Waals surface area contributed by atoms with Gasteiger partial charge in [0.15, 0.2) is 11.9 Å². The van der Waals surface area contributed by atoms with Crippen molar-refractivity contribution in [3.63, 3.8) is 0 Å². The number of hydrogen-bond donors (Lipinski definition) is 1. The molecule has 6 heteroatoms. The van der Waals surface area contributed by atoms with E-state index in [4.69, 9.17) is 4.74 Å². The van der Waals surface area contributed by atoms with Gasteiger partial charge < -0.3 is 10.1 Å². The van der Waals surface area contributed by atoms with Crippen LogP contribution in [0.25, 0.3) is 0 Å². The summed E-state index contributed by atoms with van der Waals surface area (Å²) in [5.41, 5.74) is 2.31. The summed E-state index contributed by atoms with van der Waals surface area (Å²) < 4.78 is 18.6. The fraction of sp³-hybridized carbons (Fsp3) is 0.286. The predicted molar refractivity (Wildman–Crippen MR) is 100 cm³/mol. The Morgan fingerprint density at radius 2 is 1.70 bits per heavy atom. The van der Waals surface area contributed by atoms with Crippen molar-refractivity contribution >= 4 is 23.3 Å². The number of ketones is 1. The highest BCUT2D eigenvalue weighted by Gasteiger charge is 2.19. The first-order valence-electron chi connectivity index (χ1n) is 8.62. The molecule has 0 saturated carbocycles. The quantitative estimate of drug-likeness (QED) is 0.590. The molecule has 0 unspecified atom stereocenters. The molecule has 0 spiro atoms. The van der Waals surface area contributed by atoms with E-state index in [2.05, 4.69) is 5.32 Å². The van der Waals surface area contributed by atoms with Crippen molar-refractivity contribution in [3.05, 3.63) is 65.0 Å². The van der Waals surface area contributed by atoms with Crippen molar-refractivity contribution in [2.45, 2.75) is 39.7 Å². The molecule has 2 aromatic carbocycles. The number of nitrogens with one attached hydrogen (secondary N) is 1. The van der Waals surface area contributed by atoms with E-state index in [1.165, 1.54) is 19.1 Å². The van der Waals surface area contributed by atoms with Gasteiger partial charge >= 0.3 is 5.97 Å². The number of carbonyl (C=O) groups is 3. The zero-order chi connectivity index (χ0) is 20.0. The third kappa shape index (κ3) is 6.02. The zero-order valence-electron chi connectivity index (χ0n) is 15.5. The normalized spacial score (nSPS) is 11.6. The van der Waals surface area contributed by atoms with Gasteiger partial charge in [-0.05, 0) is 38.5 Å². The molecule has 1 amide bonds. The molecule has 27 heavy (non-hydrogen) atoms. The number of aryl methyl sites for hydroxylation is 2. The number of carbonyl (C=O) groups excluding carboxylic acids is 3. The van der Waals surface area contributed by atoms with Crippen LogP contribution in [0.5, 0.6) is 0 Å². The second-order valence-corrected chi connectivity index (χ2v) is 6.37. The number of benzene rings is 2. The first kappa shape index (κ1) is 20.3. The molecule has 2 aromatic rings. The summed E-state index contributed by atoms with van der Waals surface area (Å²) in [7, 11) is 0. The van der Waals surface area contributed by atoms with E-state index in [1.54, 1.807) is 25.1 Å². The lowest BCUT2D eigenvalue weighted by atomic mass is 10.1. The van der Waals surface area contributed by atoms with Gasteiger partial charge in [-0.2, -0.15) is 0 Å². The summed E-state index contributed by atoms with van der Waals surface area (Å²) in [5, 5.41) is 2.49. The van der Waals surface area contributed by atoms with Crippen LogP contribution in [0.4, 0.5) is 10.1 Å². The van der Waals surface area contributed by atoms with Gasteiger partial charge in [0.1, 0.15) is 5.82 Å². The Balaban J connectivity index is 1.81. The lowest BCUT2D eigenvalue weighted by molar-refractivity contribution is -0.153. The van der Waals surface area contributed by atoms with Crippen LogP contribution in [-0.4, -0.2) is 23.8 Å². The highest BCUT2D eigenvalue weighted by atomic mass is 19.1. The van der Waals surface area contributed by atoms with Crippen molar-refractivity contribution in [2.75, 3.05) is 5.32 Å². The molecule has 1 atom stereocenters. The van der Waals surface area contributed by atoms with E-state index in [1.807, 2.05) is 19.1 Å². The summed E-state index contributed by atoms with van der Waals surface area (Å²) in [6.45, 7) is 4.95. The average molecular weight is 371 g/mol. The van der Waals surface area contributed by atoms with Crippen LogP contribution >= 0.6 is 0 Å². The van der Waals surface area contributed by atoms with Crippen LogP contribution in [0.2, 0.25) is 0 Å². The van der Waals surface area contributed by atoms with Crippen molar-refractivity contribution in [1.82, 2.24) is 0 Å². The summed E-state index contributed by atoms with van der Waals surface area (Å²) in [6, 6.07) is 11.4. The number of ether oxygens (including phenoxy) is 1. The second kappa shape index (κ2) is 9.07. The number of esters is 1. The van der Waals surface area contributed by atoms with Crippen molar-refractivity contribution in [1.29, 1.82) is 0 Å². The van der Waals surface area contributed by atoms with E-state index in [-0.39, 0.29) is 24.3 Å². The molecule has 0 heterocycles. The minimum atomic E-state index is -1.06. The number of hydrogen-bond acceptors (Lipinski definition) is 4. The lowest BCUT2D eigenvalue weighted by Gasteiger charge is -2.14. The van der Waals surface area contributed by atoms with Crippen LogP contribution in [0.3, 0.4) is 0 Å². The van der Waals surface area contributed by atoms with Gasteiger partial charge in [-0.25, -0.2) is 4.39 Å². The van der Waals surface area contributed by atoms with Gasteiger partial charge in [0, 0.05) is 17.7 Å². The molecule has 0 aliphatic rings. The van der Waals surface area contributed by atoms with Crippen LogP contribution in [-0.2, 0) is 14.3 Å². The molecule has 142 valence electrons. The maximum atomic E-state index is 13.5. The smallest absolute Gasteiger partial charge is 0.307 e. The summed E-state index contributed by atoms with van der Waals surface area (Å²) in [6.07, 6.45) is -1.18. The first-order valence-corrected chi connectivity index (χ1v) is 8.62. The van der Waals surface area contributed by atoms with Gasteiger partial charge in [-0.1, -0.05) is 35.9 Å². The first-order chi connectivity index (χ1) is 12.8. The second-order valence-electron chi connectivity index (χ2n) is 6.37. The Morgan fingerprint density at radius 3 is 2.33 bits per heavy atom. The van der Waals surface area contributed by atoms with Crippen molar-refractivity contribution in [2.24, 2.45) is 0 Å². The minimum absolute atomic E-state index is 0.000589. The van der Waals surface area contributed by atoms with Crippen molar-refractivity contribution < 1.29 is 23.5 Å². The molecular formula is C21H22FNO4. The lowest BCUT2D eigenvalue weighted by Crippen LogP contribution is -2.30. The Morgan fingerprint density at radius 1 is 1.04 bits per heavy atom. The van der Waals surface area contributed by atoms with E-state index in [0.29, 0.717) is 11.1 Å². The molecule has 0 aliphatic heterocycles. The topological polar surface area (TPSA) is 72.5 Å². The number of Topliss-reactive ketones (excluding diaryl/α,β-unsaturated/α-hetero) is 1. The molecule has 5 nitrogen and oxygen atoms in total. The monoisotopic (exact) mass is 371 g/mol. The number of anilines is 1. The molecular weight excluding hydrogens is 349 g/mol. The van der Waals surface area contributed by atoms with E-state index in [0.717, 1.165) is 5.56 Å². The average Bonchev–Trinajstić information content (AvgIpc) is 2.63. The van der Waals surface area contributed by atoms with Crippen molar-refractivity contribution in [3.8, 4) is 0 Å². The SMILES string of the molecule is Cc1ccc(C(=O)CCC(=O)O[C@@H](C)C(=O)Nc2ccc(C)c(F)c2)cc1. The molecule has 0 saturated heterocycles. The minimum Gasteiger partial charge on any atom is -0.453 e. The summed E-state index contributed by atoms with van der Waals surface area (Å²) >= 11 is 0. The van der Waals surface area contributed by atoms with Crippen LogP contribution in [0.1, 0.15) is 41.3 Å². The zero-order valence-corrected chi connectivity index (χ0v) is 15.5. The van der Waals surface area contributed by atoms with Gasteiger partial charge in [-0.15, -0.1) is 0 Å². The van der Waals surface area contributed by atoms with Gasteiger partial charge in [0.05, 0.1) is 6.42 Å². The number of amides is 1. The summed E-state index contributed by atoms with van der Waals surface area (Å²) in [4.78, 5) is 36.0. The summed E-state index contributed by atoms with van der Waals surface area (Å²) in [5.74, 6) is -1.82. The highest BCUT2D eigenvalue weighted by Crippen LogP contribution is 2.14. The third-order valence-electron chi connectivity index (χ3n) is 4.05. The predicted octanol–water partition coefficient (Wildman–Crippen LogP) is 3.98. The fourth-order valence-corrected chi connectivity index (χ4v) is 2.32. The molecule has 0 radical (unpaired) electrons. The fourth-order valence-electron chi connectivity index (χ4n) is 2.32. The highest BCUT2D eigenvalue weighted by molar-refractivity contribution is 5.98. The molecule has 0 aliphatic carbocycles. The largest absolute Gasteiger partial charge is 0.453 e. The van der Waals surface area contributed by atoms with Gasteiger partial charge in [0.2, 0.25) is 0 Å². The van der Waals surface area contributed by atoms with Gasteiger partial charge in [0.25, 0.3) is 5.91 Å². The van der Waals surface area contributed by atoms with Crippen LogP contribution in [0.15, 0.2) is 42.5 Å². The van der Waals surface area contributed by atoms with Crippen LogP contribution < -0.4 is 5.32 Å². The maximum absolute atomic E-state index is 13.5. The number of rotatable bonds is 7. The third-order valence-corrected chi connectivity index (χ3v) is 4.05. The maximum Gasteiger partial charge on any atom is 0.307 e. The Hall–Kier alpha value is -3.02. The van der Waals surface area contributed by atoms with Gasteiger partial charge in [-0.3, -0.25) is 14.4 Å². The van der Waals surface area contributed by atoms with E-state index in [9.17, 15) is 18.8 Å². The molecule has 0 fully saturated rings. The molecule has 0 aromatic heterocycles.